The molecule has 0 radical (unpaired) electrons. The minimum atomic E-state index is -0.657. The molecule has 0 unspecified atom stereocenters. The van der Waals surface area contributed by atoms with E-state index in [0.717, 1.165) is 5.56 Å². The first-order valence-corrected chi connectivity index (χ1v) is 6.79. The third-order valence-corrected chi connectivity index (χ3v) is 3.49. The number of nitrogens with zero attached hydrogens (tertiary/aromatic N) is 1. The number of fused-ring (bicyclic) bond motifs is 1. The molecule has 1 N–H and O–H groups in total. The van der Waals surface area contributed by atoms with E-state index in [1.165, 1.54) is 6.07 Å². The summed E-state index contributed by atoms with van der Waals surface area (Å²) in [6.45, 7) is 3.81. The highest BCUT2D eigenvalue weighted by molar-refractivity contribution is 5.96. The molecule has 0 atom stereocenters. The van der Waals surface area contributed by atoms with Gasteiger partial charge in [0.2, 0.25) is 0 Å². The van der Waals surface area contributed by atoms with Crippen LogP contribution < -0.4 is 10.9 Å². The number of aryl methyl sites for hydroxylation is 2. The van der Waals surface area contributed by atoms with Crippen molar-refractivity contribution in [3.63, 3.8) is 0 Å². The molecule has 0 spiro atoms. The Morgan fingerprint density at radius 2 is 2.05 bits per heavy atom. The van der Waals surface area contributed by atoms with Crippen LogP contribution in [0.5, 0.6) is 0 Å². The lowest BCUT2D eigenvalue weighted by atomic mass is 10.1. The summed E-state index contributed by atoms with van der Waals surface area (Å²) in [7, 11) is 0. The van der Waals surface area contributed by atoms with Gasteiger partial charge in [-0.3, -0.25) is 4.79 Å². The van der Waals surface area contributed by atoms with E-state index < -0.39 is 11.5 Å². The van der Waals surface area contributed by atoms with Gasteiger partial charge in [-0.2, -0.15) is 0 Å². The van der Waals surface area contributed by atoms with Crippen molar-refractivity contribution in [3.05, 3.63) is 63.3 Å². The summed E-state index contributed by atoms with van der Waals surface area (Å²) in [5, 5.41) is 7.21. The molecule has 0 saturated carbocycles. The number of carbonyl (C=O) groups is 1. The van der Waals surface area contributed by atoms with Crippen LogP contribution in [0.3, 0.4) is 0 Å². The molecular formula is C16H14N2O4. The van der Waals surface area contributed by atoms with Crippen LogP contribution in [0.2, 0.25) is 0 Å². The predicted octanol–water partition coefficient (Wildman–Crippen LogP) is 2.33. The van der Waals surface area contributed by atoms with Crippen LogP contribution in [-0.4, -0.2) is 11.1 Å². The quantitative estimate of drug-likeness (QED) is 0.750. The average molecular weight is 298 g/mol. The summed E-state index contributed by atoms with van der Waals surface area (Å²) < 4.78 is 10.2. The van der Waals surface area contributed by atoms with Crippen molar-refractivity contribution in [2.75, 3.05) is 0 Å². The SMILES string of the molecule is Cc1noc(C)c1CNC(=O)c1cc2ccccc2oc1=O. The standard InChI is InChI=1S/C16H14N2O4/c1-9-13(10(2)22-18-9)8-17-15(19)12-7-11-5-3-4-6-14(11)21-16(12)20/h3-7H,8H2,1-2H3,(H,17,19). The van der Waals surface area contributed by atoms with Crippen LogP contribution in [0.1, 0.15) is 27.4 Å². The third kappa shape index (κ3) is 2.50. The third-order valence-electron chi connectivity index (χ3n) is 3.49. The number of para-hydroxylation sites is 1. The van der Waals surface area contributed by atoms with Crippen LogP contribution in [0.25, 0.3) is 11.0 Å². The van der Waals surface area contributed by atoms with Gasteiger partial charge < -0.3 is 14.3 Å². The fourth-order valence-corrected chi connectivity index (χ4v) is 2.24. The lowest BCUT2D eigenvalue weighted by Gasteiger charge is -2.05. The molecule has 6 heteroatoms. The molecule has 1 aromatic carbocycles. The largest absolute Gasteiger partial charge is 0.422 e. The highest BCUT2D eigenvalue weighted by Crippen LogP contribution is 2.14. The van der Waals surface area contributed by atoms with Gasteiger partial charge in [0.05, 0.1) is 5.69 Å². The summed E-state index contributed by atoms with van der Waals surface area (Å²) in [5.74, 6) is 0.155. The van der Waals surface area contributed by atoms with Gasteiger partial charge in [-0.25, -0.2) is 4.79 Å². The van der Waals surface area contributed by atoms with Gasteiger partial charge in [0, 0.05) is 17.5 Å². The van der Waals surface area contributed by atoms with Gasteiger partial charge >= 0.3 is 5.63 Å². The van der Waals surface area contributed by atoms with Crippen molar-refractivity contribution in [3.8, 4) is 0 Å². The lowest BCUT2D eigenvalue weighted by Crippen LogP contribution is -2.28. The second kappa shape index (κ2) is 5.48. The van der Waals surface area contributed by atoms with Crippen molar-refractivity contribution in [2.45, 2.75) is 20.4 Å². The van der Waals surface area contributed by atoms with Crippen molar-refractivity contribution in [1.82, 2.24) is 10.5 Å². The van der Waals surface area contributed by atoms with Crippen LogP contribution in [0.15, 0.2) is 44.1 Å². The van der Waals surface area contributed by atoms with Gasteiger partial charge in [0.25, 0.3) is 5.91 Å². The summed E-state index contributed by atoms with van der Waals surface area (Å²) >= 11 is 0. The van der Waals surface area contributed by atoms with Crippen LogP contribution in [0, 0.1) is 13.8 Å². The number of amides is 1. The second-order valence-electron chi connectivity index (χ2n) is 4.97. The molecule has 0 fully saturated rings. The Hall–Kier alpha value is -2.89. The number of hydrogen-bond acceptors (Lipinski definition) is 5. The highest BCUT2D eigenvalue weighted by atomic mass is 16.5. The highest BCUT2D eigenvalue weighted by Gasteiger charge is 2.15. The van der Waals surface area contributed by atoms with Crippen molar-refractivity contribution in [2.24, 2.45) is 0 Å². The molecule has 2 aromatic heterocycles. The van der Waals surface area contributed by atoms with E-state index in [4.69, 9.17) is 8.94 Å². The lowest BCUT2D eigenvalue weighted by molar-refractivity contribution is 0.0947. The molecule has 0 aliphatic rings. The van der Waals surface area contributed by atoms with Gasteiger partial charge in [-0.15, -0.1) is 0 Å². The molecule has 3 aromatic rings. The van der Waals surface area contributed by atoms with E-state index in [2.05, 4.69) is 10.5 Å². The van der Waals surface area contributed by atoms with Crippen LogP contribution in [-0.2, 0) is 6.54 Å². The molecule has 0 aliphatic heterocycles. The van der Waals surface area contributed by atoms with E-state index in [9.17, 15) is 9.59 Å². The smallest absolute Gasteiger partial charge is 0.349 e. The zero-order valence-corrected chi connectivity index (χ0v) is 12.2. The van der Waals surface area contributed by atoms with Crippen molar-refractivity contribution in [1.29, 1.82) is 0 Å². The van der Waals surface area contributed by atoms with E-state index >= 15 is 0 Å². The zero-order valence-electron chi connectivity index (χ0n) is 12.2. The Bertz CT molecular complexity index is 888. The number of rotatable bonds is 3. The number of nitrogens with one attached hydrogen (secondary N) is 1. The molecule has 0 bridgehead atoms. The predicted molar refractivity (Wildman–Crippen MR) is 79.6 cm³/mol. The topological polar surface area (TPSA) is 85.3 Å². The number of carbonyl (C=O) groups excluding carboxylic acids is 1. The molecule has 2 heterocycles. The van der Waals surface area contributed by atoms with Crippen molar-refractivity contribution < 1.29 is 13.7 Å². The summed E-state index contributed by atoms with van der Waals surface area (Å²) in [6, 6.07) is 8.58. The first-order valence-electron chi connectivity index (χ1n) is 6.79. The number of benzene rings is 1. The molecule has 1 amide bonds. The summed E-state index contributed by atoms with van der Waals surface area (Å²) in [4.78, 5) is 24.1. The minimum Gasteiger partial charge on any atom is -0.422 e. The maximum absolute atomic E-state index is 12.2. The van der Waals surface area contributed by atoms with Crippen LogP contribution >= 0.6 is 0 Å². The summed E-state index contributed by atoms with van der Waals surface area (Å²) in [5.41, 5.74) is 1.29. The molecule has 3 rings (SSSR count). The average Bonchev–Trinajstić information content (AvgIpc) is 2.83. The monoisotopic (exact) mass is 298 g/mol. The van der Waals surface area contributed by atoms with Crippen LogP contribution in [0.4, 0.5) is 0 Å². The normalized spacial score (nSPS) is 10.8. The Labute approximate surface area is 125 Å². The van der Waals surface area contributed by atoms with Crippen molar-refractivity contribution >= 4 is 16.9 Å². The maximum atomic E-state index is 12.2. The van der Waals surface area contributed by atoms with Gasteiger partial charge in [-0.05, 0) is 26.0 Å². The molecule has 0 aliphatic carbocycles. The van der Waals surface area contributed by atoms with Gasteiger partial charge in [0.1, 0.15) is 16.9 Å². The molecule has 112 valence electrons. The van der Waals surface area contributed by atoms with Gasteiger partial charge in [-0.1, -0.05) is 23.4 Å². The van der Waals surface area contributed by atoms with E-state index in [1.54, 1.807) is 32.0 Å². The fraction of sp³-hybridized carbons (Fsp3) is 0.188. The Kier molecular flexibility index (Phi) is 3.50. The Morgan fingerprint density at radius 3 is 2.77 bits per heavy atom. The van der Waals surface area contributed by atoms with E-state index in [-0.39, 0.29) is 12.1 Å². The first kappa shape index (κ1) is 14.1. The maximum Gasteiger partial charge on any atom is 0.349 e. The Balaban J connectivity index is 1.86. The minimum absolute atomic E-state index is 0.0227. The Morgan fingerprint density at radius 1 is 1.27 bits per heavy atom. The second-order valence-corrected chi connectivity index (χ2v) is 4.97. The fourth-order valence-electron chi connectivity index (χ4n) is 2.24. The van der Waals surface area contributed by atoms with Gasteiger partial charge in [0.15, 0.2) is 0 Å². The van der Waals surface area contributed by atoms with E-state index in [1.807, 2.05) is 6.07 Å². The number of hydrogen-bond donors (Lipinski definition) is 1. The summed E-state index contributed by atoms with van der Waals surface area (Å²) in [6.07, 6.45) is 0. The molecule has 6 nitrogen and oxygen atoms in total. The molecule has 0 saturated heterocycles. The molecule has 22 heavy (non-hydrogen) atoms. The number of aromatic nitrogens is 1. The zero-order chi connectivity index (χ0) is 15.7. The first-order chi connectivity index (χ1) is 10.6. The van der Waals surface area contributed by atoms with E-state index in [0.29, 0.717) is 22.4 Å². The molecular weight excluding hydrogens is 284 g/mol.